The van der Waals surface area contributed by atoms with Gasteiger partial charge >= 0.3 is 19.6 Å². The second-order valence-electron chi connectivity index (χ2n) is 6.88. The summed E-state index contributed by atoms with van der Waals surface area (Å²) in [6.45, 7) is 1.58. The Hall–Kier alpha value is -2.68. The zero-order valence-electron chi connectivity index (χ0n) is 16.9. The fourth-order valence-electron chi connectivity index (χ4n) is 3.03. The van der Waals surface area contributed by atoms with Crippen LogP contribution in [0.3, 0.4) is 0 Å². The summed E-state index contributed by atoms with van der Waals surface area (Å²) in [4.78, 5) is 44.3. The first kappa shape index (κ1) is 24.0. The molecule has 0 bridgehead atoms. The summed E-state index contributed by atoms with van der Waals surface area (Å²) in [6.07, 6.45) is -4.04. The third-order valence-electron chi connectivity index (χ3n) is 4.59. The van der Waals surface area contributed by atoms with Crippen LogP contribution in [0, 0.1) is 0 Å². The molecule has 3 rings (SSSR count). The minimum atomic E-state index is -4.23. The lowest BCUT2D eigenvalue weighted by atomic mass is 10.1. The molecule has 32 heavy (non-hydrogen) atoms. The molecule has 0 radical (unpaired) electrons. The van der Waals surface area contributed by atoms with Gasteiger partial charge in [0, 0.05) is 6.54 Å². The van der Waals surface area contributed by atoms with Gasteiger partial charge in [-0.2, -0.15) is 0 Å². The van der Waals surface area contributed by atoms with Gasteiger partial charge in [0.05, 0.1) is 25.5 Å². The molecule has 1 fully saturated rings. The van der Waals surface area contributed by atoms with Crippen molar-refractivity contribution in [1.82, 2.24) is 24.8 Å². The molecule has 16 heteroatoms. The number of carbonyl (C=O) groups excluding carboxylic acids is 1. The van der Waals surface area contributed by atoms with Gasteiger partial charge in [0.1, 0.15) is 24.6 Å². The molecule has 2 aromatic rings. The highest BCUT2D eigenvalue weighted by Crippen LogP contribution is 2.43. The number of nitrogens with one attached hydrogen (secondary N) is 2. The summed E-state index contributed by atoms with van der Waals surface area (Å²) in [7, 11) is -4.23. The third kappa shape index (κ3) is 5.38. The monoisotopic (exact) mass is 474 g/mol. The average molecular weight is 474 g/mol. The summed E-state index contributed by atoms with van der Waals surface area (Å²) >= 11 is 0. The number of carboxylic acid groups (broad SMARTS) is 1. The molecule has 15 nitrogen and oxygen atoms in total. The number of urea groups is 1. The lowest BCUT2D eigenvalue weighted by Crippen LogP contribution is -2.33. The number of aliphatic carboxylic acids is 1. The van der Waals surface area contributed by atoms with E-state index in [-0.39, 0.29) is 17.0 Å². The first-order chi connectivity index (χ1) is 15.1. The third-order valence-corrected chi connectivity index (χ3v) is 5.93. The lowest BCUT2D eigenvalue weighted by Gasteiger charge is -2.17. The van der Waals surface area contributed by atoms with E-state index in [1.54, 1.807) is 6.92 Å². The number of ether oxygens (including phenoxy) is 1. The number of anilines is 1. The van der Waals surface area contributed by atoms with Gasteiger partial charge in [0.25, 0.3) is 0 Å². The minimum absolute atomic E-state index is 0.118. The Morgan fingerprint density at radius 1 is 1.28 bits per heavy atom. The van der Waals surface area contributed by atoms with Crippen LogP contribution in [0.25, 0.3) is 11.2 Å². The Morgan fingerprint density at radius 3 is 2.72 bits per heavy atom. The standard InChI is InChI=1S/C16H23N6O9P/c1-2-17-16(27)21-13-10-14(19-6-18-13)22(7-20-10)15-12(26)11(25)8(31-15)5-30-32(28,29)4-3-9(23)24/h6-8,11-12,15,25-26H,2-5H2,1H3,(H,23,24)(H,28,29)(H2,17,18,19,21,27)/t8-,11+,12+,15-/m1/s1. The number of carboxylic acids is 1. The Morgan fingerprint density at radius 2 is 2.03 bits per heavy atom. The van der Waals surface area contributed by atoms with Gasteiger partial charge in [-0.05, 0) is 6.92 Å². The van der Waals surface area contributed by atoms with Crippen molar-refractivity contribution in [2.24, 2.45) is 0 Å². The fourth-order valence-corrected chi connectivity index (χ4v) is 4.01. The molecule has 5 atom stereocenters. The second-order valence-corrected chi connectivity index (χ2v) is 8.86. The predicted octanol–water partition coefficient (Wildman–Crippen LogP) is -0.736. The first-order valence-electron chi connectivity index (χ1n) is 9.55. The maximum Gasteiger partial charge on any atom is 0.328 e. The van der Waals surface area contributed by atoms with Gasteiger partial charge in [-0.1, -0.05) is 0 Å². The molecular weight excluding hydrogens is 451 g/mol. The number of hydrogen-bond acceptors (Lipinski definition) is 10. The van der Waals surface area contributed by atoms with E-state index in [4.69, 9.17) is 14.4 Å². The molecule has 1 unspecified atom stereocenters. The van der Waals surface area contributed by atoms with Gasteiger partial charge in [-0.15, -0.1) is 0 Å². The van der Waals surface area contributed by atoms with E-state index in [1.807, 2.05) is 0 Å². The number of amides is 2. The van der Waals surface area contributed by atoms with E-state index in [1.165, 1.54) is 17.2 Å². The summed E-state index contributed by atoms with van der Waals surface area (Å²) in [6, 6.07) is -0.497. The van der Waals surface area contributed by atoms with E-state index in [0.29, 0.717) is 6.54 Å². The molecule has 2 amide bonds. The van der Waals surface area contributed by atoms with Crippen molar-refractivity contribution < 1.29 is 43.6 Å². The number of nitrogens with zero attached hydrogens (tertiary/aromatic N) is 4. The highest BCUT2D eigenvalue weighted by Gasteiger charge is 2.45. The number of rotatable bonds is 9. The molecule has 6 N–H and O–H groups in total. The quantitative estimate of drug-likeness (QED) is 0.248. The van der Waals surface area contributed by atoms with E-state index >= 15 is 0 Å². The molecule has 0 aromatic carbocycles. The molecule has 0 saturated carbocycles. The van der Waals surface area contributed by atoms with E-state index in [9.17, 15) is 29.3 Å². The van der Waals surface area contributed by atoms with Gasteiger partial charge < -0.3 is 34.8 Å². The molecule has 1 aliphatic heterocycles. The normalized spacial score (nSPS) is 24.9. The van der Waals surface area contributed by atoms with Crippen LogP contribution in [0.5, 0.6) is 0 Å². The molecular formula is C16H23N6O9P. The highest BCUT2D eigenvalue weighted by molar-refractivity contribution is 7.52. The van der Waals surface area contributed by atoms with Crippen LogP contribution in [0.2, 0.25) is 0 Å². The molecule has 2 aromatic heterocycles. The SMILES string of the molecule is CCNC(=O)Nc1ncnc2c1ncn2[C@@H]1O[C@H](COP(=O)(O)CCC(=O)O)[C@H](O)[C@@H]1O. The average Bonchev–Trinajstić information content (AvgIpc) is 3.28. The van der Waals surface area contributed by atoms with Crippen LogP contribution < -0.4 is 10.6 Å². The van der Waals surface area contributed by atoms with Crippen molar-refractivity contribution in [3.05, 3.63) is 12.7 Å². The molecule has 176 valence electrons. The van der Waals surface area contributed by atoms with Crippen molar-refractivity contribution in [2.45, 2.75) is 37.9 Å². The number of hydrogen-bond donors (Lipinski definition) is 6. The lowest BCUT2D eigenvalue weighted by molar-refractivity contribution is -0.136. The zero-order chi connectivity index (χ0) is 23.5. The Kier molecular flexibility index (Phi) is 7.38. The number of fused-ring (bicyclic) bond motifs is 1. The van der Waals surface area contributed by atoms with Crippen LogP contribution in [0.1, 0.15) is 19.6 Å². The van der Waals surface area contributed by atoms with Crippen molar-refractivity contribution in [3.8, 4) is 0 Å². The van der Waals surface area contributed by atoms with Gasteiger partial charge in [0.2, 0.25) is 0 Å². The second kappa shape index (κ2) is 9.85. The summed E-state index contributed by atoms with van der Waals surface area (Å²) in [5.41, 5.74) is 0.399. The Labute approximate surface area is 180 Å². The topological polar surface area (TPSA) is 218 Å². The maximum absolute atomic E-state index is 11.9. The molecule has 1 aliphatic rings. The highest BCUT2D eigenvalue weighted by atomic mass is 31.2. The molecule has 1 saturated heterocycles. The van der Waals surface area contributed by atoms with Crippen molar-refractivity contribution in [3.63, 3.8) is 0 Å². The van der Waals surface area contributed by atoms with Gasteiger partial charge in [-0.3, -0.25) is 19.2 Å². The number of imidazole rings is 1. The van der Waals surface area contributed by atoms with Crippen LogP contribution in [0.15, 0.2) is 12.7 Å². The van der Waals surface area contributed by atoms with Gasteiger partial charge in [0.15, 0.2) is 23.2 Å². The van der Waals surface area contributed by atoms with Crippen molar-refractivity contribution in [1.29, 1.82) is 0 Å². The number of aliphatic hydroxyl groups is 2. The van der Waals surface area contributed by atoms with Crippen molar-refractivity contribution >= 4 is 36.6 Å². The van der Waals surface area contributed by atoms with E-state index < -0.39 is 63.3 Å². The van der Waals surface area contributed by atoms with Crippen LogP contribution in [0.4, 0.5) is 10.6 Å². The fraction of sp³-hybridized carbons (Fsp3) is 0.562. The van der Waals surface area contributed by atoms with E-state index in [0.717, 1.165) is 0 Å². The Bertz CT molecular complexity index is 1030. The van der Waals surface area contributed by atoms with Crippen LogP contribution in [-0.2, 0) is 18.6 Å². The smallest absolute Gasteiger partial charge is 0.328 e. The van der Waals surface area contributed by atoms with E-state index in [2.05, 4.69) is 25.6 Å². The number of carbonyl (C=O) groups is 2. The molecule has 0 spiro atoms. The Balaban J connectivity index is 1.74. The maximum atomic E-state index is 11.9. The van der Waals surface area contributed by atoms with Crippen LogP contribution >= 0.6 is 7.60 Å². The number of aromatic nitrogens is 4. The minimum Gasteiger partial charge on any atom is -0.481 e. The number of aliphatic hydroxyl groups excluding tert-OH is 2. The summed E-state index contributed by atoms with van der Waals surface area (Å²) in [5, 5.41) is 34.4. The molecule has 3 heterocycles. The zero-order valence-corrected chi connectivity index (χ0v) is 17.8. The van der Waals surface area contributed by atoms with Crippen molar-refractivity contribution in [2.75, 3.05) is 24.6 Å². The first-order valence-corrected chi connectivity index (χ1v) is 11.3. The van der Waals surface area contributed by atoms with Crippen LogP contribution in [-0.4, -0.2) is 89.4 Å². The largest absolute Gasteiger partial charge is 0.481 e. The van der Waals surface area contributed by atoms with Gasteiger partial charge in [-0.25, -0.2) is 19.7 Å². The predicted molar refractivity (Wildman–Crippen MR) is 107 cm³/mol. The summed E-state index contributed by atoms with van der Waals surface area (Å²) < 4.78 is 23.7. The molecule has 0 aliphatic carbocycles. The summed E-state index contributed by atoms with van der Waals surface area (Å²) in [5.74, 6) is -1.14.